The van der Waals surface area contributed by atoms with Crippen LogP contribution in [0.15, 0.2) is 0 Å². The maximum Gasteiger partial charge on any atom is 0.222 e. The average molecular weight is 240 g/mol. The molecule has 3 heteroatoms. The number of rotatable bonds is 5. The van der Waals surface area contributed by atoms with Crippen LogP contribution in [0.2, 0.25) is 0 Å². The second-order valence-electron chi connectivity index (χ2n) is 5.97. The second kappa shape index (κ2) is 7.00. The summed E-state index contributed by atoms with van der Waals surface area (Å²) in [6.07, 6.45) is 3.96. The first kappa shape index (κ1) is 14.5. The van der Waals surface area contributed by atoms with Gasteiger partial charge in [0.05, 0.1) is 0 Å². The van der Waals surface area contributed by atoms with E-state index >= 15 is 0 Å². The van der Waals surface area contributed by atoms with Crippen molar-refractivity contribution in [2.45, 2.75) is 46.5 Å². The van der Waals surface area contributed by atoms with Crippen LogP contribution in [-0.4, -0.2) is 30.4 Å². The fourth-order valence-corrected chi connectivity index (χ4v) is 2.82. The average Bonchev–Trinajstić information content (AvgIpc) is 2.25. The van der Waals surface area contributed by atoms with Crippen molar-refractivity contribution in [1.82, 2.24) is 4.90 Å². The van der Waals surface area contributed by atoms with Gasteiger partial charge >= 0.3 is 0 Å². The quantitative estimate of drug-likeness (QED) is 0.801. The van der Waals surface area contributed by atoms with Crippen molar-refractivity contribution in [3.8, 4) is 0 Å². The molecule has 1 saturated heterocycles. The Morgan fingerprint density at radius 3 is 2.41 bits per heavy atom. The number of nitrogens with zero attached hydrogens (tertiary/aromatic N) is 1. The van der Waals surface area contributed by atoms with Crippen molar-refractivity contribution in [2.24, 2.45) is 23.5 Å². The van der Waals surface area contributed by atoms with E-state index in [9.17, 15) is 4.79 Å². The molecular weight excluding hydrogens is 212 g/mol. The highest BCUT2D eigenvalue weighted by atomic mass is 16.2. The molecule has 3 unspecified atom stereocenters. The minimum atomic E-state index is 0.340. The normalized spacial score (nSPS) is 26.9. The van der Waals surface area contributed by atoms with Gasteiger partial charge < -0.3 is 10.6 Å². The maximum atomic E-state index is 12.1. The van der Waals surface area contributed by atoms with Gasteiger partial charge in [0.2, 0.25) is 5.91 Å². The zero-order valence-corrected chi connectivity index (χ0v) is 11.6. The molecule has 0 saturated carbocycles. The summed E-state index contributed by atoms with van der Waals surface area (Å²) >= 11 is 0. The molecule has 1 aliphatic heterocycles. The van der Waals surface area contributed by atoms with Gasteiger partial charge in [0, 0.05) is 19.5 Å². The summed E-state index contributed by atoms with van der Waals surface area (Å²) in [6.45, 7) is 9.30. The lowest BCUT2D eigenvalue weighted by Gasteiger charge is -2.35. The predicted molar refractivity (Wildman–Crippen MR) is 71.6 cm³/mol. The van der Waals surface area contributed by atoms with Crippen molar-refractivity contribution in [2.75, 3.05) is 19.6 Å². The molecule has 2 N–H and O–H groups in total. The molecule has 0 spiro atoms. The van der Waals surface area contributed by atoms with Crippen molar-refractivity contribution in [3.63, 3.8) is 0 Å². The van der Waals surface area contributed by atoms with Crippen molar-refractivity contribution in [3.05, 3.63) is 0 Å². The Morgan fingerprint density at radius 2 is 1.88 bits per heavy atom. The van der Waals surface area contributed by atoms with Crippen molar-refractivity contribution in [1.29, 1.82) is 0 Å². The molecule has 3 atom stereocenters. The van der Waals surface area contributed by atoms with Crippen molar-refractivity contribution < 1.29 is 4.79 Å². The number of carbonyl (C=O) groups is 1. The Kier molecular flexibility index (Phi) is 5.96. The summed E-state index contributed by atoms with van der Waals surface area (Å²) in [4.78, 5) is 14.2. The van der Waals surface area contributed by atoms with E-state index in [1.54, 1.807) is 0 Å². The number of hydrogen-bond acceptors (Lipinski definition) is 2. The van der Waals surface area contributed by atoms with Gasteiger partial charge in [0.15, 0.2) is 0 Å². The monoisotopic (exact) mass is 240 g/mol. The first-order chi connectivity index (χ1) is 8.02. The Balaban J connectivity index is 2.31. The third-order valence-corrected chi connectivity index (χ3v) is 3.73. The van der Waals surface area contributed by atoms with E-state index in [1.165, 1.54) is 6.42 Å². The van der Waals surface area contributed by atoms with Gasteiger partial charge in [-0.3, -0.25) is 4.79 Å². The molecule has 1 amide bonds. The highest BCUT2D eigenvalue weighted by Gasteiger charge is 2.25. The molecule has 100 valence electrons. The van der Waals surface area contributed by atoms with E-state index < -0.39 is 0 Å². The van der Waals surface area contributed by atoms with Gasteiger partial charge in [-0.05, 0) is 43.6 Å². The van der Waals surface area contributed by atoms with E-state index in [-0.39, 0.29) is 0 Å². The summed E-state index contributed by atoms with van der Waals surface area (Å²) in [5.74, 6) is 2.23. The van der Waals surface area contributed by atoms with E-state index in [0.29, 0.717) is 30.1 Å². The first-order valence-electron chi connectivity index (χ1n) is 7.00. The Morgan fingerprint density at radius 1 is 1.29 bits per heavy atom. The topological polar surface area (TPSA) is 46.3 Å². The second-order valence-corrected chi connectivity index (χ2v) is 5.97. The lowest BCUT2D eigenvalue weighted by atomic mass is 9.91. The van der Waals surface area contributed by atoms with Gasteiger partial charge in [-0.2, -0.15) is 0 Å². The van der Waals surface area contributed by atoms with Crippen LogP contribution >= 0.6 is 0 Å². The zero-order chi connectivity index (χ0) is 12.8. The van der Waals surface area contributed by atoms with Crippen LogP contribution in [0.4, 0.5) is 0 Å². The molecule has 0 aromatic heterocycles. The van der Waals surface area contributed by atoms with Crippen LogP contribution < -0.4 is 5.73 Å². The molecule has 1 heterocycles. The lowest BCUT2D eigenvalue weighted by Crippen LogP contribution is -2.42. The Bertz CT molecular complexity index is 232. The van der Waals surface area contributed by atoms with E-state index in [2.05, 4.69) is 25.7 Å². The van der Waals surface area contributed by atoms with Crippen LogP contribution in [0.3, 0.4) is 0 Å². The number of hydrogen-bond donors (Lipinski definition) is 1. The van der Waals surface area contributed by atoms with Gasteiger partial charge in [0.1, 0.15) is 0 Å². The van der Waals surface area contributed by atoms with E-state index in [0.717, 1.165) is 32.5 Å². The molecule has 0 aromatic rings. The highest BCUT2D eigenvalue weighted by molar-refractivity contribution is 5.76. The molecular formula is C14H28N2O. The SMILES string of the molecule is CC(CCN)CCC(=O)N1CC(C)CC(C)C1. The molecule has 17 heavy (non-hydrogen) atoms. The van der Waals surface area contributed by atoms with E-state index in [4.69, 9.17) is 5.73 Å². The number of piperidine rings is 1. The van der Waals surface area contributed by atoms with Crippen LogP contribution in [0.5, 0.6) is 0 Å². The standard InChI is InChI=1S/C14H28N2O/c1-11(6-7-15)4-5-14(17)16-9-12(2)8-13(3)10-16/h11-13H,4-10,15H2,1-3H3. The molecule has 0 radical (unpaired) electrons. The molecule has 3 nitrogen and oxygen atoms in total. The van der Waals surface area contributed by atoms with Crippen LogP contribution in [0, 0.1) is 17.8 Å². The predicted octanol–water partition coefficient (Wildman–Crippen LogP) is 2.26. The number of likely N-dealkylation sites (tertiary alicyclic amines) is 1. The third-order valence-electron chi connectivity index (χ3n) is 3.73. The lowest BCUT2D eigenvalue weighted by molar-refractivity contribution is -0.134. The first-order valence-corrected chi connectivity index (χ1v) is 7.00. The van der Waals surface area contributed by atoms with Crippen LogP contribution in [0.25, 0.3) is 0 Å². The minimum absolute atomic E-state index is 0.340. The van der Waals surface area contributed by atoms with Crippen LogP contribution in [-0.2, 0) is 4.79 Å². The maximum absolute atomic E-state index is 12.1. The van der Waals surface area contributed by atoms with Gasteiger partial charge in [-0.25, -0.2) is 0 Å². The molecule has 1 rings (SSSR count). The van der Waals surface area contributed by atoms with E-state index in [1.807, 2.05) is 0 Å². The number of nitrogens with two attached hydrogens (primary N) is 1. The minimum Gasteiger partial charge on any atom is -0.342 e. The third kappa shape index (κ3) is 5.07. The van der Waals surface area contributed by atoms with Gasteiger partial charge in [-0.15, -0.1) is 0 Å². The highest BCUT2D eigenvalue weighted by Crippen LogP contribution is 2.22. The summed E-state index contributed by atoms with van der Waals surface area (Å²) < 4.78 is 0. The summed E-state index contributed by atoms with van der Waals surface area (Å²) in [5, 5.41) is 0. The molecule has 0 aliphatic carbocycles. The zero-order valence-electron chi connectivity index (χ0n) is 11.6. The fourth-order valence-electron chi connectivity index (χ4n) is 2.82. The smallest absolute Gasteiger partial charge is 0.222 e. The molecule has 0 aromatic carbocycles. The molecule has 1 aliphatic rings. The van der Waals surface area contributed by atoms with Crippen molar-refractivity contribution >= 4 is 5.91 Å². The molecule has 1 fully saturated rings. The fraction of sp³-hybridized carbons (Fsp3) is 0.929. The summed E-state index contributed by atoms with van der Waals surface area (Å²) in [5.41, 5.74) is 5.52. The number of amides is 1. The van der Waals surface area contributed by atoms with Crippen LogP contribution in [0.1, 0.15) is 46.5 Å². The van der Waals surface area contributed by atoms with Gasteiger partial charge in [-0.1, -0.05) is 20.8 Å². The Hall–Kier alpha value is -0.570. The Labute approximate surface area is 106 Å². The van der Waals surface area contributed by atoms with Gasteiger partial charge in [0.25, 0.3) is 0 Å². The summed E-state index contributed by atoms with van der Waals surface area (Å²) in [6, 6.07) is 0. The molecule has 0 bridgehead atoms. The number of carbonyl (C=O) groups excluding carboxylic acids is 1. The largest absolute Gasteiger partial charge is 0.342 e. The summed E-state index contributed by atoms with van der Waals surface area (Å²) in [7, 11) is 0.